The molecule has 2 aromatic rings. The number of nitrogens with zero attached hydrogens (tertiary/aromatic N) is 3. The van der Waals surface area contributed by atoms with Crippen molar-refractivity contribution in [3.05, 3.63) is 47.2 Å². The molecule has 2 aromatic heterocycles. The molecule has 0 spiro atoms. The van der Waals surface area contributed by atoms with E-state index >= 15 is 0 Å². The lowest BCUT2D eigenvalue weighted by Crippen LogP contribution is -2.08. The Morgan fingerprint density at radius 3 is 2.76 bits per heavy atom. The minimum atomic E-state index is -0.871. The van der Waals surface area contributed by atoms with E-state index in [1.54, 1.807) is 25.4 Å². The van der Waals surface area contributed by atoms with Crippen molar-refractivity contribution in [2.75, 3.05) is 5.73 Å². The SMILES string of the molecule is Cc1cnc(N)c(C(O)c2ccnc(C)n2)c1. The molecule has 1 unspecified atom stereocenters. The minimum absolute atomic E-state index is 0.319. The van der Waals surface area contributed by atoms with E-state index in [0.717, 1.165) is 5.56 Å². The fraction of sp³-hybridized carbons (Fsp3) is 0.250. The summed E-state index contributed by atoms with van der Waals surface area (Å²) in [6, 6.07) is 3.48. The van der Waals surface area contributed by atoms with Crippen LogP contribution in [0.3, 0.4) is 0 Å². The molecular formula is C12H14N4O. The third kappa shape index (κ3) is 2.39. The summed E-state index contributed by atoms with van der Waals surface area (Å²) in [6.45, 7) is 3.67. The maximum atomic E-state index is 10.2. The van der Waals surface area contributed by atoms with Crippen molar-refractivity contribution < 1.29 is 5.11 Å². The average molecular weight is 230 g/mol. The molecule has 17 heavy (non-hydrogen) atoms. The lowest BCUT2D eigenvalue weighted by molar-refractivity contribution is 0.215. The van der Waals surface area contributed by atoms with E-state index in [9.17, 15) is 5.11 Å². The van der Waals surface area contributed by atoms with E-state index in [1.807, 2.05) is 13.0 Å². The Labute approximate surface area is 99.4 Å². The van der Waals surface area contributed by atoms with Crippen molar-refractivity contribution in [2.45, 2.75) is 20.0 Å². The molecule has 1 atom stereocenters. The summed E-state index contributed by atoms with van der Waals surface area (Å²) in [5.74, 6) is 0.931. The van der Waals surface area contributed by atoms with Gasteiger partial charge in [0.15, 0.2) is 0 Å². The molecule has 0 amide bonds. The first-order valence-corrected chi connectivity index (χ1v) is 5.27. The first kappa shape index (κ1) is 11.5. The van der Waals surface area contributed by atoms with Gasteiger partial charge in [-0.05, 0) is 31.5 Å². The molecule has 0 fully saturated rings. The number of hydrogen-bond donors (Lipinski definition) is 2. The van der Waals surface area contributed by atoms with Crippen LogP contribution in [0, 0.1) is 13.8 Å². The molecule has 2 rings (SSSR count). The molecule has 3 N–H and O–H groups in total. The monoisotopic (exact) mass is 230 g/mol. The Kier molecular flexibility index (Phi) is 3.01. The number of hydrogen-bond acceptors (Lipinski definition) is 5. The fourth-order valence-electron chi connectivity index (χ4n) is 1.61. The highest BCUT2D eigenvalue weighted by molar-refractivity contribution is 5.44. The standard InChI is InChI=1S/C12H14N4O/c1-7-5-9(12(13)15-6-7)11(17)10-3-4-14-8(2)16-10/h3-6,11,17H,1-2H3,(H2,13,15). The highest BCUT2D eigenvalue weighted by atomic mass is 16.3. The second-order valence-corrected chi connectivity index (χ2v) is 3.92. The summed E-state index contributed by atoms with van der Waals surface area (Å²) >= 11 is 0. The van der Waals surface area contributed by atoms with Crippen LogP contribution in [-0.2, 0) is 0 Å². The van der Waals surface area contributed by atoms with E-state index in [1.165, 1.54) is 0 Å². The molecular weight excluding hydrogens is 216 g/mol. The van der Waals surface area contributed by atoms with Gasteiger partial charge in [0.1, 0.15) is 17.7 Å². The molecule has 0 saturated carbocycles. The van der Waals surface area contributed by atoms with Gasteiger partial charge in [-0.2, -0.15) is 0 Å². The van der Waals surface area contributed by atoms with Gasteiger partial charge in [-0.15, -0.1) is 0 Å². The lowest BCUT2D eigenvalue weighted by atomic mass is 10.1. The summed E-state index contributed by atoms with van der Waals surface area (Å²) in [4.78, 5) is 12.2. The Hall–Kier alpha value is -2.01. The van der Waals surface area contributed by atoms with Crippen LogP contribution in [-0.4, -0.2) is 20.1 Å². The Balaban J connectivity index is 2.43. The predicted molar refractivity (Wildman–Crippen MR) is 64.2 cm³/mol. The van der Waals surface area contributed by atoms with Crippen molar-refractivity contribution in [3.63, 3.8) is 0 Å². The quantitative estimate of drug-likeness (QED) is 0.808. The van der Waals surface area contributed by atoms with Crippen LogP contribution in [0.1, 0.15) is 28.7 Å². The van der Waals surface area contributed by atoms with E-state index in [0.29, 0.717) is 22.9 Å². The number of nitrogens with two attached hydrogens (primary N) is 1. The van der Waals surface area contributed by atoms with E-state index in [-0.39, 0.29) is 0 Å². The minimum Gasteiger partial charge on any atom is -0.383 e. The summed E-state index contributed by atoms with van der Waals surface area (Å²) in [7, 11) is 0. The van der Waals surface area contributed by atoms with Gasteiger partial charge in [-0.3, -0.25) is 0 Å². The summed E-state index contributed by atoms with van der Waals surface area (Å²) in [6.07, 6.45) is 2.40. The third-order valence-corrected chi connectivity index (χ3v) is 2.46. The van der Waals surface area contributed by atoms with Gasteiger partial charge in [0, 0.05) is 18.0 Å². The van der Waals surface area contributed by atoms with Crippen LogP contribution >= 0.6 is 0 Å². The molecule has 2 heterocycles. The summed E-state index contributed by atoms with van der Waals surface area (Å²) in [5.41, 5.74) is 7.79. The largest absolute Gasteiger partial charge is 0.383 e. The zero-order valence-corrected chi connectivity index (χ0v) is 9.75. The maximum absolute atomic E-state index is 10.2. The van der Waals surface area contributed by atoms with Gasteiger partial charge in [0.25, 0.3) is 0 Å². The normalized spacial score (nSPS) is 12.4. The van der Waals surface area contributed by atoms with E-state index in [4.69, 9.17) is 5.73 Å². The maximum Gasteiger partial charge on any atom is 0.129 e. The van der Waals surface area contributed by atoms with Gasteiger partial charge in [-0.25, -0.2) is 15.0 Å². The number of aliphatic hydroxyl groups excluding tert-OH is 1. The zero-order valence-electron chi connectivity index (χ0n) is 9.75. The second-order valence-electron chi connectivity index (χ2n) is 3.92. The molecule has 0 radical (unpaired) electrons. The first-order valence-electron chi connectivity index (χ1n) is 5.27. The van der Waals surface area contributed by atoms with Crippen LogP contribution in [0.5, 0.6) is 0 Å². The molecule has 88 valence electrons. The lowest BCUT2D eigenvalue weighted by Gasteiger charge is -2.13. The topological polar surface area (TPSA) is 84.9 Å². The molecule has 0 aliphatic rings. The molecule has 5 nitrogen and oxygen atoms in total. The van der Waals surface area contributed by atoms with Crippen LogP contribution in [0.15, 0.2) is 24.5 Å². The van der Waals surface area contributed by atoms with Gasteiger partial charge >= 0.3 is 0 Å². The number of nitrogen functional groups attached to an aromatic ring is 1. The smallest absolute Gasteiger partial charge is 0.129 e. The van der Waals surface area contributed by atoms with Crippen LogP contribution in [0.25, 0.3) is 0 Å². The fourth-order valence-corrected chi connectivity index (χ4v) is 1.61. The number of aromatic nitrogens is 3. The van der Waals surface area contributed by atoms with Crippen LogP contribution in [0.4, 0.5) is 5.82 Å². The summed E-state index contributed by atoms with van der Waals surface area (Å²) in [5, 5.41) is 10.2. The van der Waals surface area contributed by atoms with Crippen molar-refractivity contribution in [1.29, 1.82) is 0 Å². The van der Waals surface area contributed by atoms with Crippen molar-refractivity contribution in [2.24, 2.45) is 0 Å². The first-order chi connectivity index (χ1) is 8.08. The Morgan fingerprint density at radius 2 is 2.06 bits per heavy atom. The van der Waals surface area contributed by atoms with Crippen LogP contribution in [0.2, 0.25) is 0 Å². The Morgan fingerprint density at radius 1 is 1.29 bits per heavy atom. The van der Waals surface area contributed by atoms with Crippen molar-refractivity contribution in [1.82, 2.24) is 15.0 Å². The molecule has 0 aliphatic carbocycles. The number of rotatable bonds is 2. The van der Waals surface area contributed by atoms with Gasteiger partial charge < -0.3 is 10.8 Å². The summed E-state index contributed by atoms with van der Waals surface area (Å²) < 4.78 is 0. The third-order valence-electron chi connectivity index (χ3n) is 2.46. The predicted octanol–water partition coefficient (Wildman–Crippen LogP) is 1.15. The molecule has 0 aromatic carbocycles. The Bertz CT molecular complexity index is 542. The molecule has 0 bridgehead atoms. The molecule has 5 heteroatoms. The van der Waals surface area contributed by atoms with Crippen molar-refractivity contribution in [3.8, 4) is 0 Å². The van der Waals surface area contributed by atoms with Gasteiger partial charge in [0.2, 0.25) is 0 Å². The van der Waals surface area contributed by atoms with E-state index in [2.05, 4.69) is 15.0 Å². The van der Waals surface area contributed by atoms with Gasteiger partial charge in [0.05, 0.1) is 5.69 Å². The average Bonchev–Trinajstić information content (AvgIpc) is 2.31. The van der Waals surface area contributed by atoms with Gasteiger partial charge in [-0.1, -0.05) is 0 Å². The molecule has 0 aliphatic heterocycles. The van der Waals surface area contributed by atoms with Crippen LogP contribution < -0.4 is 5.73 Å². The number of aliphatic hydroxyl groups is 1. The highest BCUT2D eigenvalue weighted by Gasteiger charge is 2.16. The van der Waals surface area contributed by atoms with E-state index < -0.39 is 6.10 Å². The number of anilines is 1. The molecule has 0 saturated heterocycles. The van der Waals surface area contributed by atoms with Crippen molar-refractivity contribution >= 4 is 5.82 Å². The number of aryl methyl sites for hydroxylation is 2. The second kappa shape index (κ2) is 4.47. The number of pyridine rings is 1. The highest BCUT2D eigenvalue weighted by Crippen LogP contribution is 2.24. The zero-order chi connectivity index (χ0) is 12.4.